The summed E-state index contributed by atoms with van der Waals surface area (Å²) in [6.45, 7) is 1.49. The molecule has 3 rings (SSSR count). The number of nitrogens with zero attached hydrogens (tertiary/aromatic N) is 1. The fraction of sp³-hybridized carbons (Fsp3) is 0.368. The SMILES string of the molecule is COc1ccc(OC)c(NC(=O)c2ccnc(NCC3CCCO3)c2)c1. The molecule has 0 spiro atoms. The van der Waals surface area contributed by atoms with Crippen molar-refractivity contribution in [3.05, 3.63) is 42.1 Å². The van der Waals surface area contributed by atoms with Gasteiger partial charge in [0.2, 0.25) is 0 Å². The van der Waals surface area contributed by atoms with Crippen molar-refractivity contribution in [2.24, 2.45) is 0 Å². The van der Waals surface area contributed by atoms with E-state index in [2.05, 4.69) is 15.6 Å². The summed E-state index contributed by atoms with van der Waals surface area (Å²) in [5, 5.41) is 6.08. The van der Waals surface area contributed by atoms with Gasteiger partial charge in [-0.3, -0.25) is 4.79 Å². The molecule has 2 N–H and O–H groups in total. The number of carbonyl (C=O) groups excluding carboxylic acids is 1. The molecular formula is C19H23N3O4. The van der Waals surface area contributed by atoms with Crippen molar-refractivity contribution in [2.75, 3.05) is 38.0 Å². The molecule has 0 aliphatic carbocycles. The van der Waals surface area contributed by atoms with Crippen molar-refractivity contribution >= 4 is 17.4 Å². The molecule has 1 amide bonds. The lowest BCUT2D eigenvalue weighted by Crippen LogP contribution is -2.19. The third-order valence-electron chi connectivity index (χ3n) is 4.21. The minimum absolute atomic E-state index is 0.204. The quantitative estimate of drug-likeness (QED) is 0.793. The normalized spacial score (nSPS) is 16.2. The third kappa shape index (κ3) is 4.43. The number of anilines is 2. The number of hydrogen-bond donors (Lipinski definition) is 2. The van der Waals surface area contributed by atoms with Crippen molar-refractivity contribution in [3.63, 3.8) is 0 Å². The first-order valence-corrected chi connectivity index (χ1v) is 8.54. The molecule has 1 aliphatic heterocycles. The standard InChI is InChI=1S/C19H23N3O4/c1-24-14-5-6-17(25-2)16(11-14)22-19(23)13-7-8-20-18(10-13)21-12-15-4-3-9-26-15/h5-8,10-11,15H,3-4,9,12H2,1-2H3,(H,20,21)(H,22,23). The number of aromatic nitrogens is 1. The van der Waals surface area contributed by atoms with E-state index in [1.807, 2.05) is 0 Å². The fourth-order valence-electron chi connectivity index (χ4n) is 2.80. The summed E-state index contributed by atoms with van der Waals surface area (Å²) in [4.78, 5) is 16.9. The van der Waals surface area contributed by atoms with Gasteiger partial charge in [-0.1, -0.05) is 0 Å². The number of ether oxygens (including phenoxy) is 3. The molecule has 2 heterocycles. The largest absolute Gasteiger partial charge is 0.497 e. The molecule has 1 unspecified atom stereocenters. The number of pyridine rings is 1. The first-order chi connectivity index (χ1) is 12.7. The van der Waals surface area contributed by atoms with Gasteiger partial charge >= 0.3 is 0 Å². The van der Waals surface area contributed by atoms with Crippen LogP contribution in [0.3, 0.4) is 0 Å². The Bertz CT molecular complexity index is 760. The molecule has 1 fully saturated rings. The maximum atomic E-state index is 12.6. The van der Waals surface area contributed by atoms with Crippen LogP contribution in [0, 0.1) is 0 Å². The molecule has 1 atom stereocenters. The molecule has 1 aliphatic rings. The zero-order valence-electron chi connectivity index (χ0n) is 15.0. The summed E-state index contributed by atoms with van der Waals surface area (Å²) in [5.41, 5.74) is 1.04. The summed E-state index contributed by atoms with van der Waals surface area (Å²) >= 11 is 0. The Morgan fingerprint density at radius 3 is 2.88 bits per heavy atom. The molecule has 1 aromatic carbocycles. The van der Waals surface area contributed by atoms with Gasteiger partial charge in [-0.15, -0.1) is 0 Å². The summed E-state index contributed by atoms with van der Waals surface area (Å²) < 4.78 is 16.1. The molecule has 0 radical (unpaired) electrons. The summed E-state index contributed by atoms with van der Waals surface area (Å²) in [6.07, 6.45) is 3.94. The number of benzene rings is 1. The van der Waals surface area contributed by atoms with Gasteiger partial charge in [0, 0.05) is 31.0 Å². The second kappa shape index (κ2) is 8.53. The van der Waals surface area contributed by atoms with E-state index < -0.39 is 0 Å². The number of hydrogen-bond acceptors (Lipinski definition) is 6. The van der Waals surface area contributed by atoms with Crippen molar-refractivity contribution in [1.82, 2.24) is 4.98 Å². The van der Waals surface area contributed by atoms with E-state index in [1.165, 1.54) is 0 Å². The summed E-state index contributed by atoms with van der Waals surface area (Å²) in [7, 11) is 3.12. The van der Waals surface area contributed by atoms with E-state index >= 15 is 0 Å². The van der Waals surface area contributed by atoms with Crippen LogP contribution in [0.25, 0.3) is 0 Å². The second-order valence-electron chi connectivity index (χ2n) is 5.97. The van der Waals surface area contributed by atoms with Crippen LogP contribution in [0.2, 0.25) is 0 Å². The fourth-order valence-corrected chi connectivity index (χ4v) is 2.80. The second-order valence-corrected chi connectivity index (χ2v) is 5.97. The lowest BCUT2D eigenvalue weighted by atomic mass is 10.2. The minimum Gasteiger partial charge on any atom is -0.497 e. The zero-order chi connectivity index (χ0) is 18.4. The molecule has 0 bridgehead atoms. The zero-order valence-corrected chi connectivity index (χ0v) is 15.0. The summed E-state index contributed by atoms with van der Waals surface area (Å²) in [6, 6.07) is 8.62. The number of nitrogens with one attached hydrogen (secondary N) is 2. The van der Waals surface area contributed by atoms with Crippen LogP contribution >= 0.6 is 0 Å². The van der Waals surface area contributed by atoms with Gasteiger partial charge in [-0.25, -0.2) is 4.98 Å². The lowest BCUT2D eigenvalue weighted by molar-refractivity contribution is 0.102. The van der Waals surface area contributed by atoms with Crippen LogP contribution in [0.15, 0.2) is 36.5 Å². The van der Waals surface area contributed by atoms with Gasteiger partial charge in [0.25, 0.3) is 5.91 Å². The van der Waals surface area contributed by atoms with Gasteiger partial charge in [0.05, 0.1) is 26.0 Å². The summed E-state index contributed by atoms with van der Waals surface area (Å²) in [5.74, 6) is 1.59. The third-order valence-corrected chi connectivity index (χ3v) is 4.21. The smallest absolute Gasteiger partial charge is 0.255 e. The Morgan fingerprint density at radius 1 is 1.27 bits per heavy atom. The van der Waals surface area contributed by atoms with Crippen molar-refractivity contribution < 1.29 is 19.0 Å². The average Bonchev–Trinajstić information content (AvgIpc) is 3.20. The Morgan fingerprint density at radius 2 is 2.15 bits per heavy atom. The first kappa shape index (κ1) is 18.0. The molecule has 138 valence electrons. The van der Waals surface area contributed by atoms with Gasteiger partial charge < -0.3 is 24.8 Å². The number of rotatable bonds is 7. The minimum atomic E-state index is -0.251. The maximum absolute atomic E-state index is 12.6. The Kier molecular flexibility index (Phi) is 5.91. The molecule has 1 saturated heterocycles. The van der Waals surface area contributed by atoms with E-state index in [4.69, 9.17) is 14.2 Å². The van der Waals surface area contributed by atoms with Gasteiger partial charge in [0.15, 0.2) is 0 Å². The van der Waals surface area contributed by atoms with E-state index in [1.54, 1.807) is 50.7 Å². The molecule has 26 heavy (non-hydrogen) atoms. The van der Waals surface area contributed by atoms with Gasteiger partial charge in [-0.2, -0.15) is 0 Å². The highest BCUT2D eigenvalue weighted by Gasteiger charge is 2.16. The molecule has 2 aromatic rings. The van der Waals surface area contributed by atoms with Crippen LogP contribution in [-0.4, -0.2) is 44.4 Å². The van der Waals surface area contributed by atoms with Gasteiger partial charge in [-0.05, 0) is 37.1 Å². The highest BCUT2D eigenvalue weighted by molar-refractivity contribution is 6.05. The van der Waals surface area contributed by atoms with Crippen LogP contribution in [0.5, 0.6) is 11.5 Å². The maximum Gasteiger partial charge on any atom is 0.255 e. The molecular weight excluding hydrogens is 334 g/mol. The highest BCUT2D eigenvalue weighted by Crippen LogP contribution is 2.29. The number of amides is 1. The number of carbonyl (C=O) groups is 1. The monoisotopic (exact) mass is 357 g/mol. The predicted molar refractivity (Wildman–Crippen MR) is 99.2 cm³/mol. The van der Waals surface area contributed by atoms with Gasteiger partial charge in [0.1, 0.15) is 17.3 Å². The molecule has 7 heteroatoms. The topological polar surface area (TPSA) is 81.7 Å². The van der Waals surface area contributed by atoms with E-state index in [0.29, 0.717) is 35.1 Å². The Hall–Kier alpha value is -2.80. The Labute approximate surface area is 152 Å². The van der Waals surface area contributed by atoms with Crippen LogP contribution in [0.4, 0.5) is 11.5 Å². The molecule has 7 nitrogen and oxygen atoms in total. The van der Waals surface area contributed by atoms with E-state index in [-0.39, 0.29) is 12.0 Å². The molecule has 1 aromatic heterocycles. The first-order valence-electron chi connectivity index (χ1n) is 8.54. The van der Waals surface area contributed by atoms with Crippen LogP contribution in [0.1, 0.15) is 23.2 Å². The van der Waals surface area contributed by atoms with E-state index in [0.717, 1.165) is 19.4 Å². The van der Waals surface area contributed by atoms with Crippen molar-refractivity contribution in [1.29, 1.82) is 0 Å². The highest BCUT2D eigenvalue weighted by atomic mass is 16.5. The number of methoxy groups -OCH3 is 2. The predicted octanol–water partition coefficient (Wildman–Crippen LogP) is 2.94. The lowest BCUT2D eigenvalue weighted by Gasteiger charge is -2.13. The van der Waals surface area contributed by atoms with Crippen molar-refractivity contribution in [3.8, 4) is 11.5 Å². The van der Waals surface area contributed by atoms with Crippen LogP contribution < -0.4 is 20.1 Å². The average molecular weight is 357 g/mol. The Balaban J connectivity index is 1.68. The van der Waals surface area contributed by atoms with Crippen molar-refractivity contribution in [2.45, 2.75) is 18.9 Å². The van der Waals surface area contributed by atoms with Crippen LogP contribution in [-0.2, 0) is 4.74 Å². The molecule has 0 saturated carbocycles. The van der Waals surface area contributed by atoms with E-state index in [9.17, 15) is 4.79 Å².